The minimum atomic E-state index is 0.102. The molecule has 17 heavy (non-hydrogen) atoms. The molecule has 1 aliphatic heterocycles. The van der Waals surface area contributed by atoms with E-state index in [4.69, 9.17) is 4.74 Å². The summed E-state index contributed by atoms with van der Waals surface area (Å²) in [6.45, 7) is 7.25. The molecule has 4 heteroatoms. The Hall–Kier alpha value is -0.610. The summed E-state index contributed by atoms with van der Waals surface area (Å²) < 4.78 is 5.61. The van der Waals surface area contributed by atoms with E-state index in [-0.39, 0.29) is 5.91 Å². The summed E-state index contributed by atoms with van der Waals surface area (Å²) in [6.07, 6.45) is 4.73. The van der Waals surface area contributed by atoms with Gasteiger partial charge in [0.25, 0.3) is 0 Å². The summed E-state index contributed by atoms with van der Waals surface area (Å²) >= 11 is 0. The van der Waals surface area contributed by atoms with Crippen LogP contribution in [0.3, 0.4) is 0 Å². The molecule has 2 atom stereocenters. The number of nitrogens with one attached hydrogen (secondary N) is 2. The van der Waals surface area contributed by atoms with Gasteiger partial charge < -0.3 is 15.4 Å². The predicted octanol–water partition coefficient (Wildman–Crippen LogP) is 1.31. The van der Waals surface area contributed by atoms with Gasteiger partial charge in [-0.2, -0.15) is 0 Å². The number of ether oxygens (including phenoxy) is 1. The average Bonchev–Trinajstić information content (AvgIpc) is 2.77. The van der Waals surface area contributed by atoms with Gasteiger partial charge in [-0.1, -0.05) is 20.3 Å². The van der Waals surface area contributed by atoms with Gasteiger partial charge in [-0.3, -0.25) is 4.79 Å². The van der Waals surface area contributed by atoms with Crippen molar-refractivity contribution in [2.24, 2.45) is 5.92 Å². The van der Waals surface area contributed by atoms with E-state index in [1.54, 1.807) is 0 Å². The third-order valence-corrected chi connectivity index (χ3v) is 3.29. The molecule has 0 aliphatic carbocycles. The highest BCUT2D eigenvalue weighted by Crippen LogP contribution is 2.22. The maximum Gasteiger partial charge on any atom is 0.233 e. The summed E-state index contributed by atoms with van der Waals surface area (Å²) in [6, 6.07) is 0. The number of hydrogen-bond acceptors (Lipinski definition) is 3. The molecule has 1 fully saturated rings. The van der Waals surface area contributed by atoms with Gasteiger partial charge in [0, 0.05) is 19.7 Å². The number of amides is 1. The normalized spacial score (nSPS) is 23.9. The van der Waals surface area contributed by atoms with E-state index in [1.807, 2.05) is 0 Å². The van der Waals surface area contributed by atoms with Gasteiger partial charge in [-0.15, -0.1) is 0 Å². The molecule has 0 aromatic heterocycles. The monoisotopic (exact) mass is 242 g/mol. The van der Waals surface area contributed by atoms with Crippen LogP contribution in [0.2, 0.25) is 0 Å². The summed E-state index contributed by atoms with van der Waals surface area (Å²) in [5.74, 6) is 0.675. The van der Waals surface area contributed by atoms with Gasteiger partial charge >= 0.3 is 0 Å². The van der Waals surface area contributed by atoms with Gasteiger partial charge in [0.2, 0.25) is 5.91 Å². The van der Waals surface area contributed by atoms with Crippen LogP contribution in [0.25, 0.3) is 0 Å². The van der Waals surface area contributed by atoms with Crippen molar-refractivity contribution >= 4 is 5.91 Å². The molecule has 100 valence electrons. The number of hydrogen-bond donors (Lipinski definition) is 2. The molecule has 0 saturated carbocycles. The van der Waals surface area contributed by atoms with Gasteiger partial charge in [0.05, 0.1) is 12.6 Å². The molecule has 1 rings (SSSR count). The molecular weight excluding hydrogens is 216 g/mol. The van der Waals surface area contributed by atoms with E-state index in [0.717, 1.165) is 45.4 Å². The first-order valence-electron chi connectivity index (χ1n) is 6.87. The molecule has 2 N–H and O–H groups in total. The van der Waals surface area contributed by atoms with Crippen molar-refractivity contribution in [2.75, 3.05) is 26.2 Å². The Balaban J connectivity index is 2.04. The highest BCUT2D eigenvalue weighted by molar-refractivity contribution is 5.77. The Morgan fingerprint density at radius 1 is 1.41 bits per heavy atom. The molecule has 2 unspecified atom stereocenters. The minimum Gasteiger partial charge on any atom is -0.378 e. The SMILES string of the molecule is CCCCNC(=O)CNCC1CCOC1CC. The molecule has 1 heterocycles. The summed E-state index contributed by atoms with van der Waals surface area (Å²) in [5, 5.41) is 6.13. The second kappa shape index (κ2) is 8.48. The predicted molar refractivity (Wildman–Crippen MR) is 68.9 cm³/mol. The van der Waals surface area contributed by atoms with Gasteiger partial charge in [-0.25, -0.2) is 0 Å². The largest absolute Gasteiger partial charge is 0.378 e. The fraction of sp³-hybridized carbons (Fsp3) is 0.923. The van der Waals surface area contributed by atoms with Crippen molar-refractivity contribution in [3.8, 4) is 0 Å². The topological polar surface area (TPSA) is 50.4 Å². The zero-order valence-corrected chi connectivity index (χ0v) is 11.1. The molecular formula is C13H26N2O2. The van der Waals surface area contributed by atoms with Crippen molar-refractivity contribution in [2.45, 2.75) is 45.6 Å². The molecule has 0 spiro atoms. The molecule has 1 saturated heterocycles. The van der Waals surface area contributed by atoms with Crippen LogP contribution in [0.5, 0.6) is 0 Å². The summed E-state index contributed by atoms with van der Waals surface area (Å²) in [7, 11) is 0. The lowest BCUT2D eigenvalue weighted by Crippen LogP contribution is -2.37. The minimum absolute atomic E-state index is 0.102. The molecule has 0 bridgehead atoms. The van der Waals surface area contributed by atoms with E-state index in [0.29, 0.717) is 18.6 Å². The lowest BCUT2D eigenvalue weighted by Gasteiger charge is -2.17. The molecule has 1 amide bonds. The number of carbonyl (C=O) groups excluding carboxylic acids is 1. The Labute approximate surface area is 104 Å². The standard InChI is InChI=1S/C13H26N2O2/c1-3-5-7-15-13(16)10-14-9-11-6-8-17-12(11)4-2/h11-12,14H,3-10H2,1-2H3,(H,15,16). The van der Waals surface area contributed by atoms with E-state index in [2.05, 4.69) is 24.5 Å². The van der Waals surface area contributed by atoms with E-state index in [1.165, 1.54) is 0 Å². The Morgan fingerprint density at radius 3 is 2.94 bits per heavy atom. The number of rotatable bonds is 8. The second-order valence-electron chi connectivity index (χ2n) is 4.70. The van der Waals surface area contributed by atoms with Gasteiger partial charge in [-0.05, 0) is 25.2 Å². The Kier molecular flexibility index (Phi) is 7.21. The zero-order chi connectivity index (χ0) is 12.5. The first-order chi connectivity index (χ1) is 8.27. The van der Waals surface area contributed by atoms with Crippen LogP contribution in [-0.4, -0.2) is 38.3 Å². The Bertz CT molecular complexity index is 221. The van der Waals surface area contributed by atoms with Crippen LogP contribution >= 0.6 is 0 Å². The van der Waals surface area contributed by atoms with Crippen LogP contribution in [0.15, 0.2) is 0 Å². The first kappa shape index (κ1) is 14.5. The summed E-state index contributed by atoms with van der Waals surface area (Å²) in [5.41, 5.74) is 0. The first-order valence-corrected chi connectivity index (χ1v) is 6.87. The Morgan fingerprint density at radius 2 is 2.24 bits per heavy atom. The highest BCUT2D eigenvalue weighted by Gasteiger charge is 2.26. The maximum atomic E-state index is 11.4. The van der Waals surface area contributed by atoms with Crippen LogP contribution in [0.4, 0.5) is 0 Å². The fourth-order valence-corrected chi connectivity index (χ4v) is 2.22. The molecule has 1 aliphatic rings. The maximum absolute atomic E-state index is 11.4. The molecule has 0 radical (unpaired) electrons. The third-order valence-electron chi connectivity index (χ3n) is 3.29. The van der Waals surface area contributed by atoms with Gasteiger partial charge in [0.1, 0.15) is 0 Å². The highest BCUT2D eigenvalue weighted by atomic mass is 16.5. The smallest absolute Gasteiger partial charge is 0.233 e. The lowest BCUT2D eigenvalue weighted by atomic mass is 10.00. The number of unbranched alkanes of at least 4 members (excludes halogenated alkanes) is 1. The zero-order valence-electron chi connectivity index (χ0n) is 11.1. The van der Waals surface area contributed by atoms with E-state index in [9.17, 15) is 4.79 Å². The van der Waals surface area contributed by atoms with E-state index >= 15 is 0 Å². The lowest BCUT2D eigenvalue weighted by molar-refractivity contribution is -0.120. The van der Waals surface area contributed by atoms with Crippen molar-refractivity contribution in [1.29, 1.82) is 0 Å². The summed E-state index contributed by atoms with van der Waals surface area (Å²) in [4.78, 5) is 11.4. The van der Waals surface area contributed by atoms with E-state index < -0.39 is 0 Å². The fourth-order valence-electron chi connectivity index (χ4n) is 2.22. The molecule has 0 aromatic carbocycles. The van der Waals surface area contributed by atoms with Crippen LogP contribution in [0.1, 0.15) is 39.5 Å². The van der Waals surface area contributed by atoms with Gasteiger partial charge in [0.15, 0.2) is 0 Å². The number of carbonyl (C=O) groups is 1. The third kappa shape index (κ3) is 5.50. The van der Waals surface area contributed by atoms with Crippen LogP contribution in [0, 0.1) is 5.92 Å². The van der Waals surface area contributed by atoms with Crippen LogP contribution < -0.4 is 10.6 Å². The average molecular weight is 242 g/mol. The van der Waals surface area contributed by atoms with Crippen molar-refractivity contribution < 1.29 is 9.53 Å². The molecule has 0 aromatic rings. The van der Waals surface area contributed by atoms with Crippen molar-refractivity contribution in [1.82, 2.24) is 10.6 Å². The second-order valence-corrected chi connectivity index (χ2v) is 4.70. The molecule has 4 nitrogen and oxygen atoms in total. The quantitative estimate of drug-likeness (QED) is 0.631. The van der Waals surface area contributed by atoms with Crippen LogP contribution in [-0.2, 0) is 9.53 Å². The van der Waals surface area contributed by atoms with Crippen molar-refractivity contribution in [3.63, 3.8) is 0 Å². The van der Waals surface area contributed by atoms with Crippen molar-refractivity contribution in [3.05, 3.63) is 0 Å².